The number of nitrogens with two attached hydrogens (primary N) is 1. The lowest BCUT2D eigenvalue weighted by molar-refractivity contribution is 0.0999. The van der Waals surface area contributed by atoms with Crippen molar-refractivity contribution in [2.45, 2.75) is 6.92 Å². The number of rotatable bonds is 3. The molecule has 4 aromatic rings. The fourth-order valence-electron chi connectivity index (χ4n) is 3.82. The van der Waals surface area contributed by atoms with Gasteiger partial charge < -0.3 is 20.4 Å². The highest BCUT2D eigenvalue weighted by Gasteiger charge is 2.28. The van der Waals surface area contributed by atoms with Crippen molar-refractivity contribution in [2.75, 3.05) is 11.9 Å². The van der Waals surface area contributed by atoms with E-state index >= 15 is 0 Å². The molecule has 0 unspecified atom stereocenters. The van der Waals surface area contributed by atoms with E-state index in [0.717, 1.165) is 16.8 Å². The van der Waals surface area contributed by atoms with Gasteiger partial charge in [-0.05, 0) is 35.9 Å². The summed E-state index contributed by atoms with van der Waals surface area (Å²) < 4.78 is 22.6. The van der Waals surface area contributed by atoms with E-state index < -0.39 is 17.2 Å². The lowest BCUT2D eigenvalue weighted by Gasteiger charge is -2.26. The summed E-state index contributed by atoms with van der Waals surface area (Å²) in [4.78, 5) is 24.7. The largest absolute Gasteiger partial charge is 0.451 e. The van der Waals surface area contributed by atoms with Crippen LogP contribution in [0.4, 0.5) is 10.1 Å². The quantitative estimate of drug-likeness (QED) is 0.490. The maximum Gasteiger partial charge on any atom is 0.254 e. The summed E-state index contributed by atoms with van der Waals surface area (Å²) in [5.41, 5.74) is 5.78. The Labute approximate surface area is 164 Å². The fourth-order valence-corrected chi connectivity index (χ4v) is 3.82. The van der Waals surface area contributed by atoms with Gasteiger partial charge in [-0.15, -0.1) is 0 Å². The van der Waals surface area contributed by atoms with Crippen molar-refractivity contribution >= 4 is 33.3 Å². The zero-order chi connectivity index (χ0) is 20.3. The fraction of sp³-hybridized carbons (Fsp3) is 0.0909. The van der Waals surface area contributed by atoms with Crippen LogP contribution < -0.4 is 21.2 Å². The normalized spacial score (nSPS) is 11.9. The number of carbonyl (C=O) groups is 1. The van der Waals surface area contributed by atoms with Crippen LogP contribution in [0, 0.1) is 5.82 Å². The van der Waals surface area contributed by atoms with Crippen LogP contribution in [-0.4, -0.2) is 17.0 Å². The molecule has 0 fully saturated rings. The molecule has 6 nitrogen and oxygen atoms in total. The molecule has 7 heteroatoms. The van der Waals surface area contributed by atoms with Crippen LogP contribution in [0.15, 0.2) is 53.5 Å². The van der Waals surface area contributed by atoms with E-state index in [0.29, 0.717) is 23.5 Å². The van der Waals surface area contributed by atoms with E-state index in [1.54, 1.807) is 4.57 Å². The van der Waals surface area contributed by atoms with Gasteiger partial charge in [0.2, 0.25) is 5.43 Å². The highest BCUT2D eigenvalue weighted by Crippen LogP contribution is 2.46. The molecular formula is C22H16FN3O3. The Morgan fingerprint density at radius 1 is 1.21 bits per heavy atom. The van der Waals surface area contributed by atoms with Gasteiger partial charge in [-0.1, -0.05) is 24.3 Å². The maximum absolute atomic E-state index is 14.8. The monoisotopic (exact) mass is 389 g/mol. The Hall–Kier alpha value is -3.87. The Bertz CT molecular complexity index is 1410. The minimum atomic E-state index is -0.868. The van der Waals surface area contributed by atoms with Gasteiger partial charge in [-0.3, -0.25) is 9.59 Å². The van der Waals surface area contributed by atoms with Gasteiger partial charge in [0.15, 0.2) is 17.3 Å². The number of nitrogens with zero attached hydrogens (tertiary/aromatic N) is 1. The standard InChI is InChI=1S/C22H16FN3O3/c1-2-25-18-15(23)9-13-19-21(18)29-17-8-12-6-4-3-5-11(12)7-16(17)26(19)10-14(20(13)27)22(24)28/h3-10,25H,2H2,1H3,(H2,24,28). The van der Waals surface area contributed by atoms with Crippen molar-refractivity contribution < 1.29 is 13.9 Å². The third-order valence-corrected chi connectivity index (χ3v) is 5.11. The molecule has 0 atom stereocenters. The van der Waals surface area contributed by atoms with Crippen molar-refractivity contribution in [3.63, 3.8) is 0 Å². The number of amides is 1. The van der Waals surface area contributed by atoms with Crippen molar-refractivity contribution in [2.24, 2.45) is 5.73 Å². The van der Waals surface area contributed by atoms with E-state index in [9.17, 15) is 14.0 Å². The first kappa shape index (κ1) is 17.2. The number of hydrogen-bond acceptors (Lipinski definition) is 4. The Kier molecular flexibility index (Phi) is 3.61. The Morgan fingerprint density at radius 3 is 2.62 bits per heavy atom. The van der Waals surface area contributed by atoms with Crippen LogP contribution in [0.25, 0.3) is 27.4 Å². The molecule has 0 saturated carbocycles. The number of aromatic nitrogens is 1. The van der Waals surface area contributed by atoms with Gasteiger partial charge >= 0.3 is 0 Å². The molecule has 0 radical (unpaired) electrons. The van der Waals surface area contributed by atoms with Crippen molar-refractivity contribution in [3.05, 3.63) is 70.3 Å². The number of ether oxygens (including phenoxy) is 1. The molecule has 0 bridgehead atoms. The number of pyridine rings is 1. The van der Waals surface area contributed by atoms with Crippen molar-refractivity contribution in [1.82, 2.24) is 4.57 Å². The third kappa shape index (κ3) is 2.40. The number of fused-ring (bicyclic) bond motifs is 3. The summed E-state index contributed by atoms with van der Waals surface area (Å²) in [5.74, 6) is -0.810. The number of anilines is 1. The predicted octanol–water partition coefficient (Wildman–Crippen LogP) is 3.92. The SMILES string of the molecule is CCNc1c(F)cc2c(=O)c(C(N)=O)cn3c2c1Oc1cc2ccccc2cc1-3. The van der Waals surface area contributed by atoms with Crippen LogP contribution in [0.1, 0.15) is 17.3 Å². The molecule has 144 valence electrons. The first-order valence-corrected chi connectivity index (χ1v) is 9.16. The Balaban J connectivity index is 1.98. The minimum absolute atomic E-state index is 0.0364. The van der Waals surface area contributed by atoms with E-state index in [-0.39, 0.29) is 22.4 Å². The number of primary amides is 1. The molecule has 3 N–H and O–H groups in total. The molecule has 1 amide bonds. The highest BCUT2D eigenvalue weighted by atomic mass is 19.1. The van der Waals surface area contributed by atoms with E-state index in [2.05, 4.69) is 5.32 Å². The average Bonchev–Trinajstić information content (AvgIpc) is 2.70. The topological polar surface area (TPSA) is 86.4 Å². The minimum Gasteiger partial charge on any atom is -0.451 e. The second kappa shape index (κ2) is 6.07. The van der Waals surface area contributed by atoms with Crippen molar-refractivity contribution in [1.29, 1.82) is 0 Å². The van der Waals surface area contributed by atoms with Crippen molar-refractivity contribution in [3.8, 4) is 17.2 Å². The number of hydrogen-bond donors (Lipinski definition) is 2. The van der Waals surface area contributed by atoms with E-state index in [1.165, 1.54) is 6.20 Å². The molecule has 0 aliphatic carbocycles. The van der Waals surface area contributed by atoms with Crippen LogP contribution in [0.5, 0.6) is 11.5 Å². The molecule has 29 heavy (non-hydrogen) atoms. The molecule has 1 aromatic heterocycles. The summed E-state index contributed by atoms with van der Waals surface area (Å²) in [6.45, 7) is 2.30. The Morgan fingerprint density at radius 2 is 1.93 bits per heavy atom. The lowest BCUT2D eigenvalue weighted by Crippen LogP contribution is -2.25. The van der Waals surface area contributed by atoms with Crippen LogP contribution in [0.3, 0.4) is 0 Å². The van der Waals surface area contributed by atoms with Crippen LogP contribution in [-0.2, 0) is 0 Å². The summed E-state index contributed by atoms with van der Waals surface area (Å²) in [6, 6.07) is 12.6. The number of benzene rings is 3. The van der Waals surface area contributed by atoms with E-state index in [1.807, 2.05) is 43.3 Å². The second-order valence-corrected chi connectivity index (χ2v) is 6.86. The third-order valence-electron chi connectivity index (χ3n) is 5.11. The summed E-state index contributed by atoms with van der Waals surface area (Å²) in [7, 11) is 0. The zero-order valence-electron chi connectivity index (χ0n) is 15.5. The van der Waals surface area contributed by atoms with Gasteiger partial charge in [0.25, 0.3) is 5.91 Å². The smallest absolute Gasteiger partial charge is 0.254 e. The first-order chi connectivity index (χ1) is 14.0. The lowest BCUT2D eigenvalue weighted by atomic mass is 10.0. The van der Waals surface area contributed by atoms with Gasteiger partial charge in [0.05, 0.1) is 11.1 Å². The van der Waals surface area contributed by atoms with Gasteiger partial charge in [0.1, 0.15) is 16.8 Å². The van der Waals surface area contributed by atoms with Crippen LogP contribution in [0.2, 0.25) is 0 Å². The predicted molar refractivity (Wildman–Crippen MR) is 110 cm³/mol. The summed E-state index contributed by atoms with van der Waals surface area (Å²) in [5, 5.41) is 4.91. The van der Waals surface area contributed by atoms with E-state index in [4.69, 9.17) is 10.5 Å². The molecule has 3 aromatic carbocycles. The first-order valence-electron chi connectivity index (χ1n) is 9.16. The average molecular weight is 389 g/mol. The molecule has 1 aliphatic rings. The molecule has 1 aliphatic heterocycles. The number of carbonyl (C=O) groups excluding carboxylic acids is 1. The molecular weight excluding hydrogens is 373 g/mol. The molecule has 5 rings (SSSR count). The number of halogens is 1. The number of nitrogens with one attached hydrogen (secondary N) is 1. The van der Waals surface area contributed by atoms with Crippen LogP contribution >= 0.6 is 0 Å². The zero-order valence-corrected chi connectivity index (χ0v) is 15.5. The molecule has 2 heterocycles. The summed E-state index contributed by atoms with van der Waals surface area (Å²) >= 11 is 0. The molecule has 0 saturated heterocycles. The summed E-state index contributed by atoms with van der Waals surface area (Å²) in [6.07, 6.45) is 1.40. The van der Waals surface area contributed by atoms with Gasteiger partial charge in [-0.2, -0.15) is 0 Å². The maximum atomic E-state index is 14.8. The van der Waals surface area contributed by atoms with Gasteiger partial charge in [-0.25, -0.2) is 4.39 Å². The van der Waals surface area contributed by atoms with Gasteiger partial charge in [0, 0.05) is 12.7 Å². The highest BCUT2D eigenvalue weighted by molar-refractivity contribution is 6.01. The second-order valence-electron chi connectivity index (χ2n) is 6.86. The molecule has 0 spiro atoms.